The lowest BCUT2D eigenvalue weighted by molar-refractivity contribution is -0.157. The van der Waals surface area contributed by atoms with E-state index >= 15 is 0 Å². The van der Waals surface area contributed by atoms with E-state index in [0.29, 0.717) is 12.3 Å². The van der Waals surface area contributed by atoms with Crippen molar-refractivity contribution >= 4 is 5.91 Å². The summed E-state index contributed by atoms with van der Waals surface area (Å²) in [6.45, 7) is 3.77. The van der Waals surface area contributed by atoms with E-state index in [0.717, 1.165) is 50.1 Å². The lowest BCUT2D eigenvalue weighted by Crippen LogP contribution is -2.54. The van der Waals surface area contributed by atoms with Crippen LogP contribution in [0.25, 0.3) is 0 Å². The third-order valence-corrected chi connectivity index (χ3v) is 5.75. The van der Waals surface area contributed by atoms with Crippen molar-refractivity contribution in [1.29, 1.82) is 0 Å². The highest BCUT2D eigenvalue weighted by Gasteiger charge is 2.55. The first-order chi connectivity index (χ1) is 9.16. The number of aliphatic hydroxyl groups is 1. The highest BCUT2D eigenvalue weighted by atomic mass is 16.3. The van der Waals surface area contributed by atoms with Crippen LogP contribution in [0.3, 0.4) is 0 Å². The molecular formula is C16H27NO2. The Labute approximate surface area is 116 Å². The number of hydrogen-bond donors (Lipinski definition) is 1. The van der Waals surface area contributed by atoms with Crippen LogP contribution in [0, 0.1) is 23.2 Å². The van der Waals surface area contributed by atoms with Gasteiger partial charge in [-0.1, -0.05) is 0 Å². The van der Waals surface area contributed by atoms with E-state index < -0.39 is 0 Å². The van der Waals surface area contributed by atoms with E-state index in [1.807, 2.05) is 4.90 Å². The van der Waals surface area contributed by atoms with Gasteiger partial charge in [0.1, 0.15) is 0 Å². The number of carbonyl (C=O) groups excluding carboxylic acids is 1. The second-order valence-electron chi connectivity index (χ2n) is 7.16. The van der Waals surface area contributed by atoms with E-state index in [1.165, 1.54) is 19.3 Å². The Kier molecular flexibility index (Phi) is 3.59. The van der Waals surface area contributed by atoms with Gasteiger partial charge in [0, 0.05) is 19.7 Å². The molecule has 0 aromatic rings. The van der Waals surface area contributed by atoms with Gasteiger partial charge in [-0.25, -0.2) is 0 Å². The molecule has 0 aliphatic heterocycles. The molecule has 4 saturated carbocycles. The Morgan fingerprint density at radius 3 is 2.11 bits per heavy atom. The zero-order valence-electron chi connectivity index (χ0n) is 12.1. The maximum atomic E-state index is 13.0. The molecule has 4 aliphatic carbocycles. The summed E-state index contributed by atoms with van der Waals surface area (Å²) in [6.07, 6.45) is 8.31. The molecule has 19 heavy (non-hydrogen) atoms. The molecule has 0 saturated heterocycles. The number of carbonyl (C=O) groups is 1. The van der Waals surface area contributed by atoms with Crippen LogP contribution in [0.1, 0.15) is 51.9 Å². The first-order valence-electron chi connectivity index (χ1n) is 8.07. The normalized spacial score (nSPS) is 39.6. The van der Waals surface area contributed by atoms with Crippen molar-refractivity contribution in [1.82, 2.24) is 4.90 Å². The van der Waals surface area contributed by atoms with Gasteiger partial charge in [-0.05, 0) is 69.6 Å². The predicted molar refractivity (Wildman–Crippen MR) is 74.6 cm³/mol. The van der Waals surface area contributed by atoms with Crippen molar-refractivity contribution < 1.29 is 9.90 Å². The summed E-state index contributed by atoms with van der Waals surface area (Å²) < 4.78 is 0. The highest BCUT2D eigenvalue weighted by molar-refractivity contribution is 5.83. The van der Waals surface area contributed by atoms with Crippen LogP contribution in [0.4, 0.5) is 0 Å². The van der Waals surface area contributed by atoms with Gasteiger partial charge in [0.05, 0.1) is 5.41 Å². The molecule has 3 nitrogen and oxygen atoms in total. The van der Waals surface area contributed by atoms with Crippen molar-refractivity contribution in [2.45, 2.75) is 51.9 Å². The van der Waals surface area contributed by atoms with Gasteiger partial charge in [-0.3, -0.25) is 4.79 Å². The number of rotatable bonds is 5. The summed E-state index contributed by atoms with van der Waals surface area (Å²) in [7, 11) is 0. The molecule has 108 valence electrons. The molecular weight excluding hydrogens is 238 g/mol. The third kappa shape index (κ3) is 2.31. The molecule has 0 unspecified atom stereocenters. The minimum absolute atomic E-state index is 0.0137. The topological polar surface area (TPSA) is 40.5 Å². The molecule has 0 radical (unpaired) electrons. The lowest BCUT2D eigenvalue weighted by Gasteiger charge is -2.56. The van der Waals surface area contributed by atoms with Crippen LogP contribution >= 0.6 is 0 Å². The highest BCUT2D eigenvalue weighted by Crippen LogP contribution is 2.60. The van der Waals surface area contributed by atoms with Gasteiger partial charge in [-0.15, -0.1) is 0 Å². The monoisotopic (exact) mass is 265 g/mol. The molecule has 0 aromatic heterocycles. The van der Waals surface area contributed by atoms with E-state index in [1.54, 1.807) is 0 Å². The summed E-state index contributed by atoms with van der Waals surface area (Å²) in [5.74, 6) is 2.88. The van der Waals surface area contributed by atoms with Crippen molar-refractivity contribution in [2.75, 3.05) is 19.7 Å². The molecule has 4 rings (SSSR count). The van der Waals surface area contributed by atoms with E-state index in [-0.39, 0.29) is 12.0 Å². The van der Waals surface area contributed by atoms with Crippen LogP contribution in [0.5, 0.6) is 0 Å². The van der Waals surface area contributed by atoms with E-state index in [4.69, 9.17) is 5.11 Å². The van der Waals surface area contributed by atoms with Gasteiger partial charge in [-0.2, -0.15) is 0 Å². The maximum absolute atomic E-state index is 13.0. The van der Waals surface area contributed by atoms with Crippen LogP contribution < -0.4 is 0 Å². The van der Waals surface area contributed by atoms with Crippen molar-refractivity contribution in [3.8, 4) is 0 Å². The lowest BCUT2D eigenvalue weighted by atomic mass is 9.49. The van der Waals surface area contributed by atoms with Gasteiger partial charge >= 0.3 is 0 Å². The molecule has 1 N–H and O–H groups in total. The second-order valence-corrected chi connectivity index (χ2v) is 7.16. The van der Waals surface area contributed by atoms with Crippen LogP contribution in [-0.2, 0) is 4.79 Å². The second kappa shape index (κ2) is 5.08. The van der Waals surface area contributed by atoms with Gasteiger partial charge in [0.15, 0.2) is 0 Å². The van der Waals surface area contributed by atoms with Gasteiger partial charge in [0.2, 0.25) is 5.91 Å². The van der Waals surface area contributed by atoms with Gasteiger partial charge < -0.3 is 10.0 Å². The first-order valence-corrected chi connectivity index (χ1v) is 8.07. The van der Waals surface area contributed by atoms with Gasteiger partial charge in [0.25, 0.3) is 0 Å². The Bertz CT molecular complexity index is 317. The zero-order chi connectivity index (χ0) is 13.5. The molecule has 1 amide bonds. The number of nitrogens with zero attached hydrogens (tertiary/aromatic N) is 1. The van der Waals surface area contributed by atoms with E-state index in [9.17, 15) is 4.79 Å². The standard InChI is InChI=1S/C16H27NO2/c1-2-17(4-3-5-18)15(19)16-9-12-6-13(10-16)8-14(7-12)11-16/h12-14,18H,2-11H2,1H3. The summed E-state index contributed by atoms with van der Waals surface area (Å²) in [5, 5.41) is 8.99. The quantitative estimate of drug-likeness (QED) is 0.829. The summed E-state index contributed by atoms with van der Waals surface area (Å²) in [4.78, 5) is 15.0. The van der Waals surface area contributed by atoms with Crippen LogP contribution in [0.15, 0.2) is 0 Å². The minimum atomic E-state index is -0.0137. The zero-order valence-corrected chi connectivity index (χ0v) is 12.1. The van der Waals surface area contributed by atoms with E-state index in [2.05, 4.69) is 6.92 Å². The number of hydrogen-bond acceptors (Lipinski definition) is 2. The Balaban J connectivity index is 1.74. The SMILES string of the molecule is CCN(CCCO)C(=O)C12CC3CC(CC(C3)C1)C2. The Hall–Kier alpha value is -0.570. The molecule has 4 bridgehead atoms. The molecule has 0 aromatic carbocycles. The molecule has 4 aliphatic rings. The van der Waals surface area contributed by atoms with Crippen molar-refractivity contribution in [3.05, 3.63) is 0 Å². The average Bonchev–Trinajstić information content (AvgIpc) is 2.37. The molecule has 0 heterocycles. The molecule has 3 heteroatoms. The Morgan fingerprint density at radius 1 is 1.16 bits per heavy atom. The third-order valence-electron chi connectivity index (χ3n) is 5.75. The van der Waals surface area contributed by atoms with Crippen molar-refractivity contribution in [3.63, 3.8) is 0 Å². The van der Waals surface area contributed by atoms with Crippen LogP contribution in [-0.4, -0.2) is 35.6 Å². The number of aliphatic hydroxyl groups excluding tert-OH is 1. The fourth-order valence-electron chi connectivity index (χ4n) is 5.37. The Morgan fingerprint density at radius 2 is 1.68 bits per heavy atom. The average molecular weight is 265 g/mol. The summed E-state index contributed by atoms with van der Waals surface area (Å²) in [6, 6.07) is 0. The number of amides is 1. The summed E-state index contributed by atoms with van der Waals surface area (Å²) in [5.41, 5.74) is -0.0137. The molecule has 0 atom stereocenters. The largest absolute Gasteiger partial charge is 0.396 e. The molecule has 0 spiro atoms. The fraction of sp³-hybridized carbons (Fsp3) is 0.938. The first kappa shape index (κ1) is 13.4. The predicted octanol–water partition coefficient (Wildman–Crippen LogP) is 2.43. The van der Waals surface area contributed by atoms with Crippen LogP contribution in [0.2, 0.25) is 0 Å². The molecule has 4 fully saturated rings. The smallest absolute Gasteiger partial charge is 0.228 e. The van der Waals surface area contributed by atoms with Crippen molar-refractivity contribution in [2.24, 2.45) is 23.2 Å². The fourth-order valence-corrected chi connectivity index (χ4v) is 5.37. The maximum Gasteiger partial charge on any atom is 0.228 e. The summed E-state index contributed by atoms with van der Waals surface area (Å²) >= 11 is 0. The minimum Gasteiger partial charge on any atom is -0.396 e.